The van der Waals surface area contributed by atoms with Crippen LogP contribution < -0.4 is 5.73 Å². The van der Waals surface area contributed by atoms with Crippen LogP contribution in [-0.2, 0) is 4.74 Å². The van der Waals surface area contributed by atoms with E-state index in [2.05, 4.69) is 56.0 Å². The van der Waals surface area contributed by atoms with Crippen LogP contribution in [0.4, 0.5) is 0 Å². The maximum absolute atomic E-state index is 6.08. The Bertz CT molecular complexity index is 353. The molecule has 0 aliphatic heterocycles. The molecule has 0 radical (unpaired) electrons. The van der Waals surface area contributed by atoms with E-state index in [0.29, 0.717) is 24.4 Å². The number of benzene rings is 1. The van der Waals surface area contributed by atoms with E-state index in [-0.39, 0.29) is 0 Å². The lowest BCUT2D eigenvalue weighted by molar-refractivity contribution is 0.103. The van der Waals surface area contributed by atoms with Crippen LogP contribution in [0, 0.1) is 5.92 Å². The Morgan fingerprint density at radius 2 is 1.80 bits per heavy atom. The molecule has 1 aromatic carbocycles. The summed E-state index contributed by atoms with van der Waals surface area (Å²) >= 11 is 0. The third-order valence-electron chi connectivity index (χ3n) is 3.80. The van der Waals surface area contributed by atoms with Crippen LogP contribution in [0.25, 0.3) is 0 Å². The van der Waals surface area contributed by atoms with Gasteiger partial charge in [-0.2, -0.15) is 0 Å². The number of hydrogen-bond acceptors (Lipinski definition) is 3. The first-order valence-electron chi connectivity index (χ1n) is 7.58. The Balaban J connectivity index is 2.82. The maximum atomic E-state index is 6.08. The molecule has 2 atom stereocenters. The van der Waals surface area contributed by atoms with E-state index in [4.69, 9.17) is 10.5 Å². The van der Waals surface area contributed by atoms with Crippen molar-refractivity contribution >= 4 is 0 Å². The Kier molecular flexibility index (Phi) is 7.82. The van der Waals surface area contributed by atoms with Gasteiger partial charge in [0.25, 0.3) is 0 Å². The second-order valence-corrected chi connectivity index (χ2v) is 5.88. The highest BCUT2D eigenvalue weighted by Gasteiger charge is 2.24. The standard InChI is InChI=1S/C17H30N2O/c1-14(2)13-19(10-11-20-4)17(12-18)15(3)16-8-6-5-7-9-16/h5-9,14-15,17H,10-13,18H2,1-4H3. The summed E-state index contributed by atoms with van der Waals surface area (Å²) < 4.78 is 5.25. The zero-order valence-electron chi connectivity index (χ0n) is 13.4. The quantitative estimate of drug-likeness (QED) is 0.755. The zero-order valence-corrected chi connectivity index (χ0v) is 13.4. The SMILES string of the molecule is COCCN(CC(C)C)C(CN)C(C)c1ccccc1. The van der Waals surface area contributed by atoms with Crippen LogP contribution in [-0.4, -0.2) is 44.3 Å². The van der Waals surface area contributed by atoms with Gasteiger partial charge in [-0.1, -0.05) is 51.1 Å². The molecule has 0 saturated heterocycles. The van der Waals surface area contributed by atoms with Crippen molar-refractivity contribution in [1.82, 2.24) is 4.90 Å². The first-order valence-corrected chi connectivity index (χ1v) is 7.58. The molecule has 114 valence electrons. The molecule has 0 saturated carbocycles. The number of nitrogens with two attached hydrogens (primary N) is 1. The highest BCUT2D eigenvalue weighted by atomic mass is 16.5. The number of rotatable bonds is 9. The van der Waals surface area contributed by atoms with Gasteiger partial charge in [-0.3, -0.25) is 4.90 Å². The minimum atomic E-state index is 0.356. The molecular formula is C17H30N2O. The van der Waals surface area contributed by atoms with E-state index in [1.807, 2.05) is 0 Å². The van der Waals surface area contributed by atoms with Crippen LogP contribution >= 0.6 is 0 Å². The van der Waals surface area contributed by atoms with Gasteiger partial charge >= 0.3 is 0 Å². The van der Waals surface area contributed by atoms with Gasteiger partial charge in [0.15, 0.2) is 0 Å². The average Bonchev–Trinajstić information content (AvgIpc) is 2.45. The normalized spacial score (nSPS) is 14.8. The van der Waals surface area contributed by atoms with Crippen LogP contribution in [0.3, 0.4) is 0 Å². The molecule has 0 aliphatic rings. The summed E-state index contributed by atoms with van der Waals surface area (Å²) in [6.45, 7) is 10.2. The van der Waals surface area contributed by atoms with Gasteiger partial charge in [0.2, 0.25) is 0 Å². The van der Waals surface area contributed by atoms with Gasteiger partial charge in [-0.25, -0.2) is 0 Å². The van der Waals surface area contributed by atoms with E-state index in [0.717, 1.165) is 19.7 Å². The minimum absolute atomic E-state index is 0.356. The van der Waals surface area contributed by atoms with Crippen molar-refractivity contribution in [2.24, 2.45) is 11.7 Å². The summed E-state index contributed by atoms with van der Waals surface area (Å²) in [4.78, 5) is 2.48. The van der Waals surface area contributed by atoms with Crippen molar-refractivity contribution in [1.29, 1.82) is 0 Å². The lowest BCUT2D eigenvalue weighted by atomic mass is 9.91. The van der Waals surface area contributed by atoms with Crippen molar-refractivity contribution in [3.8, 4) is 0 Å². The number of nitrogens with zero attached hydrogens (tertiary/aromatic N) is 1. The number of methoxy groups -OCH3 is 1. The summed E-state index contributed by atoms with van der Waals surface area (Å²) in [5, 5.41) is 0. The Hall–Kier alpha value is -0.900. The third-order valence-corrected chi connectivity index (χ3v) is 3.80. The molecule has 0 heterocycles. The summed E-state index contributed by atoms with van der Waals surface area (Å²) in [5.74, 6) is 1.06. The van der Waals surface area contributed by atoms with Crippen molar-refractivity contribution in [2.75, 3.05) is 33.4 Å². The molecule has 0 bridgehead atoms. The summed E-state index contributed by atoms with van der Waals surface area (Å²) in [5.41, 5.74) is 7.43. The van der Waals surface area contributed by atoms with Gasteiger partial charge < -0.3 is 10.5 Å². The highest BCUT2D eigenvalue weighted by molar-refractivity contribution is 5.20. The zero-order chi connectivity index (χ0) is 15.0. The van der Waals surface area contributed by atoms with Gasteiger partial charge in [0.1, 0.15) is 0 Å². The van der Waals surface area contributed by atoms with E-state index >= 15 is 0 Å². The van der Waals surface area contributed by atoms with Gasteiger partial charge in [0.05, 0.1) is 6.61 Å². The van der Waals surface area contributed by atoms with E-state index in [1.165, 1.54) is 5.56 Å². The van der Waals surface area contributed by atoms with Crippen molar-refractivity contribution in [2.45, 2.75) is 32.7 Å². The molecule has 0 aromatic heterocycles. The highest BCUT2D eigenvalue weighted by Crippen LogP contribution is 2.23. The molecule has 0 amide bonds. The average molecular weight is 278 g/mol. The van der Waals surface area contributed by atoms with E-state index in [9.17, 15) is 0 Å². The molecule has 3 heteroatoms. The molecule has 3 nitrogen and oxygen atoms in total. The summed E-state index contributed by atoms with van der Waals surface area (Å²) in [6, 6.07) is 11.0. The second kappa shape index (κ2) is 9.11. The number of ether oxygens (including phenoxy) is 1. The molecule has 20 heavy (non-hydrogen) atoms. The van der Waals surface area contributed by atoms with Crippen LogP contribution in [0.2, 0.25) is 0 Å². The van der Waals surface area contributed by atoms with Crippen LogP contribution in [0.15, 0.2) is 30.3 Å². The van der Waals surface area contributed by atoms with Crippen molar-refractivity contribution in [3.63, 3.8) is 0 Å². The van der Waals surface area contributed by atoms with E-state index < -0.39 is 0 Å². The Labute approximate surface area is 124 Å². The topological polar surface area (TPSA) is 38.5 Å². The lowest BCUT2D eigenvalue weighted by Gasteiger charge is -2.36. The second-order valence-electron chi connectivity index (χ2n) is 5.88. The molecule has 0 fully saturated rings. The molecule has 1 rings (SSSR count). The fraction of sp³-hybridized carbons (Fsp3) is 0.647. The molecular weight excluding hydrogens is 248 g/mol. The Morgan fingerprint density at radius 3 is 2.30 bits per heavy atom. The van der Waals surface area contributed by atoms with Crippen molar-refractivity contribution < 1.29 is 4.74 Å². The molecule has 0 aliphatic carbocycles. The third kappa shape index (κ3) is 5.23. The molecule has 0 spiro atoms. The lowest BCUT2D eigenvalue weighted by Crippen LogP contribution is -2.47. The first-order chi connectivity index (χ1) is 9.60. The fourth-order valence-corrected chi connectivity index (χ4v) is 2.72. The summed E-state index contributed by atoms with van der Waals surface area (Å²) in [7, 11) is 1.76. The Morgan fingerprint density at radius 1 is 1.15 bits per heavy atom. The van der Waals surface area contributed by atoms with Crippen LogP contribution in [0.1, 0.15) is 32.3 Å². The molecule has 2 N–H and O–H groups in total. The molecule has 1 aromatic rings. The maximum Gasteiger partial charge on any atom is 0.0589 e. The predicted molar refractivity (Wildman–Crippen MR) is 86.0 cm³/mol. The van der Waals surface area contributed by atoms with E-state index in [1.54, 1.807) is 7.11 Å². The largest absolute Gasteiger partial charge is 0.383 e. The first kappa shape index (κ1) is 17.2. The monoisotopic (exact) mass is 278 g/mol. The van der Waals surface area contributed by atoms with Crippen LogP contribution in [0.5, 0.6) is 0 Å². The van der Waals surface area contributed by atoms with Gasteiger partial charge in [-0.05, 0) is 17.4 Å². The summed E-state index contributed by atoms with van der Waals surface area (Å²) in [6.07, 6.45) is 0. The number of hydrogen-bond donors (Lipinski definition) is 1. The minimum Gasteiger partial charge on any atom is -0.383 e. The smallest absolute Gasteiger partial charge is 0.0589 e. The van der Waals surface area contributed by atoms with Gasteiger partial charge in [-0.15, -0.1) is 0 Å². The van der Waals surface area contributed by atoms with Crippen molar-refractivity contribution in [3.05, 3.63) is 35.9 Å². The predicted octanol–water partition coefficient (Wildman–Crippen LogP) is 2.72. The van der Waals surface area contributed by atoms with Gasteiger partial charge in [0, 0.05) is 32.8 Å². The molecule has 2 unspecified atom stereocenters. The fourth-order valence-electron chi connectivity index (χ4n) is 2.72.